The van der Waals surface area contributed by atoms with Gasteiger partial charge in [0, 0.05) is 22.9 Å². The molecule has 1 N–H and O–H groups in total. The molecule has 150 valence electrons. The van der Waals surface area contributed by atoms with E-state index in [0.717, 1.165) is 40.1 Å². The van der Waals surface area contributed by atoms with Crippen LogP contribution in [0.1, 0.15) is 36.5 Å². The molecular formula is C23H19N3O3S. The number of nitrogens with one attached hydrogen (secondary N) is 1. The monoisotopic (exact) mass is 417 g/mol. The molecule has 3 aromatic rings. The van der Waals surface area contributed by atoms with Crippen molar-refractivity contribution in [2.45, 2.75) is 31.4 Å². The van der Waals surface area contributed by atoms with E-state index in [0.29, 0.717) is 17.2 Å². The van der Waals surface area contributed by atoms with Crippen LogP contribution in [0.15, 0.2) is 48.7 Å². The first-order chi connectivity index (χ1) is 14.5. The lowest BCUT2D eigenvalue weighted by molar-refractivity contribution is -0.119. The summed E-state index contributed by atoms with van der Waals surface area (Å²) in [6, 6.07) is 15.4. The Bertz CT molecular complexity index is 1200. The summed E-state index contributed by atoms with van der Waals surface area (Å²) < 4.78 is 6.07. The van der Waals surface area contributed by atoms with Crippen LogP contribution < -0.4 is 10.1 Å². The molecule has 6 nitrogen and oxygen atoms in total. The van der Waals surface area contributed by atoms with E-state index in [-0.39, 0.29) is 17.1 Å². The van der Waals surface area contributed by atoms with E-state index in [1.54, 1.807) is 0 Å². The Morgan fingerprint density at radius 1 is 1.23 bits per heavy atom. The van der Waals surface area contributed by atoms with E-state index in [1.807, 2.05) is 56.3 Å². The van der Waals surface area contributed by atoms with Gasteiger partial charge in [0.05, 0.1) is 10.8 Å². The minimum atomic E-state index is -0.432. The standard InChI is InChI=1S/C23H19N3O3S/c1-3-14-10-16(8-9-17(14)13(2)20-21(27)26-23(28)30-20)29-22-19-7-5-4-6-18(19)15(11-24)12-25-22/h4-10,12-13,20H,3H2,1-2H3,(H,26,27,28)/t13-,20?/m1/s1. The summed E-state index contributed by atoms with van der Waals surface area (Å²) in [7, 11) is 0. The van der Waals surface area contributed by atoms with Crippen molar-refractivity contribution in [3.05, 3.63) is 65.4 Å². The van der Waals surface area contributed by atoms with Gasteiger partial charge in [-0.1, -0.05) is 49.9 Å². The number of aromatic nitrogens is 1. The Kier molecular flexibility index (Phi) is 5.42. The molecule has 2 atom stereocenters. The minimum absolute atomic E-state index is 0.112. The number of pyridine rings is 1. The summed E-state index contributed by atoms with van der Waals surface area (Å²) >= 11 is 1.04. The van der Waals surface area contributed by atoms with E-state index in [1.165, 1.54) is 6.20 Å². The number of carbonyl (C=O) groups is 2. The molecule has 2 amide bonds. The number of rotatable bonds is 5. The van der Waals surface area contributed by atoms with Crippen molar-refractivity contribution in [3.63, 3.8) is 0 Å². The molecule has 30 heavy (non-hydrogen) atoms. The molecule has 1 aliphatic rings. The number of nitrogens with zero attached hydrogens (tertiary/aromatic N) is 2. The van der Waals surface area contributed by atoms with E-state index in [2.05, 4.69) is 16.4 Å². The second kappa shape index (κ2) is 8.17. The summed E-state index contributed by atoms with van der Waals surface area (Å²) in [4.78, 5) is 28.0. The highest BCUT2D eigenvalue weighted by Crippen LogP contribution is 2.37. The Labute approximate surface area is 178 Å². The van der Waals surface area contributed by atoms with E-state index in [4.69, 9.17) is 4.74 Å². The van der Waals surface area contributed by atoms with Crippen LogP contribution in [0.3, 0.4) is 0 Å². The average Bonchev–Trinajstić information content (AvgIpc) is 3.11. The van der Waals surface area contributed by atoms with Gasteiger partial charge in [-0.3, -0.25) is 14.9 Å². The smallest absolute Gasteiger partial charge is 0.286 e. The minimum Gasteiger partial charge on any atom is -0.438 e. The van der Waals surface area contributed by atoms with E-state index < -0.39 is 5.25 Å². The number of imide groups is 1. The number of ether oxygens (including phenoxy) is 1. The second-order valence-corrected chi connectivity index (χ2v) is 8.17. The summed E-state index contributed by atoms with van der Waals surface area (Å²) in [5.41, 5.74) is 2.56. The third-order valence-electron chi connectivity index (χ3n) is 5.25. The fraction of sp³-hybridized carbons (Fsp3) is 0.217. The van der Waals surface area contributed by atoms with Crippen LogP contribution in [0.2, 0.25) is 0 Å². The van der Waals surface area contributed by atoms with Crippen molar-refractivity contribution in [2.24, 2.45) is 0 Å². The van der Waals surface area contributed by atoms with Crippen LogP contribution >= 0.6 is 11.8 Å². The van der Waals surface area contributed by atoms with E-state index >= 15 is 0 Å². The summed E-state index contributed by atoms with van der Waals surface area (Å²) in [6.07, 6.45) is 2.27. The first-order valence-electron chi connectivity index (χ1n) is 9.61. The first kappa shape index (κ1) is 19.9. The maximum Gasteiger partial charge on any atom is 0.286 e. The molecule has 1 saturated heterocycles. The van der Waals surface area contributed by atoms with Gasteiger partial charge in [-0.15, -0.1) is 0 Å². The Morgan fingerprint density at radius 3 is 2.67 bits per heavy atom. The number of hydrogen-bond acceptors (Lipinski definition) is 6. The van der Waals surface area contributed by atoms with Crippen molar-refractivity contribution in [3.8, 4) is 17.7 Å². The second-order valence-electron chi connectivity index (χ2n) is 7.05. The van der Waals surface area contributed by atoms with Gasteiger partial charge in [0.15, 0.2) is 0 Å². The number of amides is 2. The molecule has 1 aromatic heterocycles. The maximum atomic E-state index is 12.1. The lowest BCUT2D eigenvalue weighted by Gasteiger charge is -2.20. The number of aryl methyl sites for hydroxylation is 1. The zero-order valence-corrected chi connectivity index (χ0v) is 17.3. The average molecular weight is 417 g/mol. The van der Waals surface area contributed by atoms with Gasteiger partial charge in [0.1, 0.15) is 11.8 Å². The Hall–Kier alpha value is -3.37. The van der Waals surface area contributed by atoms with Crippen LogP contribution in [0.5, 0.6) is 11.6 Å². The van der Waals surface area contributed by atoms with Crippen LogP contribution in [-0.2, 0) is 11.2 Å². The fourth-order valence-corrected chi connectivity index (χ4v) is 4.61. The van der Waals surface area contributed by atoms with Gasteiger partial charge in [-0.2, -0.15) is 5.26 Å². The van der Waals surface area contributed by atoms with Gasteiger partial charge >= 0.3 is 0 Å². The molecule has 2 heterocycles. The lowest BCUT2D eigenvalue weighted by Crippen LogP contribution is -2.27. The summed E-state index contributed by atoms with van der Waals surface area (Å²) in [5, 5.41) is 12.5. The fourth-order valence-electron chi connectivity index (χ4n) is 3.71. The third-order valence-corrected chi connectivity index (χ3v) is 6.44. The highest BCUT2D eigenvalue weighted by molar-refractivity contribution is 8.15. The topological polar surface area (TPSA) is 92.1 Å². The number of nitriles is 1. The molecule has 1 fully saturated rings. The molecule has 1 unspecified atom stereocenters. The van der Waals surface area contributed by atoms with Gasteiger partial charge in [0.25, 0.3) is 5.24 Å². The molecule has 0 saturated carbocycles. The Balaban J connectivity index is 1.66. The predicted octanol–water partition coefficient (Wildman–Crippen LogP) is 4.92. The normalized spacial score (nSPS) is 16.9. The van der Waals surface area contributed by atoms with Crippen LogP contribution in [0.4, 0.5) is 4.79 Å². The highest BCUT2D eigenvalue weighted by atomic mass is 32.2. The molecule has 7 heteroatoms. The highest BCUT2D eigenvalue weighted by Gasteiger charge is 2.37. The van der Waals surface area contributed by atoms with Crippen molar-refractivity contribution >= 4 is 33.7 Å². The summed E-state index contributed by atoms with van der Waals surface area (Å²) in [5.74, 6) is 0.709. The maximum absolute atomic E-state index is 12.1. The van der Waals surface area contributed by atoms with Crippen molar-refractivity contribution < 1.29 is 14.3 Å². The molecule has 4 rings (SSSR count). The van der Waals surface area contributed by atoms with Crippen LogP contribution in [0.25, 0.3) is 10.8 Å². The van der Waals surface area contributed by atoms with Gasteiger partial charge < -0.3 is 4.74 Å². The third kappa shape index (κ3) is 3.62. The number of fused-ring (bicyclic) bond motifs is 1. The zero-order valence-electron chi connectivity index (χ0n) is 16.5. The zero-order chi connectivity index (χ0) is 21.3. The molecule has 0 radical (unpaired) electrons. The number of carbonyl (C=O) groups excluding carboxylic acids is 2. The largest absolute Gasteiger partial charge is 0.438 e. The van der Waals surface area contributed by atoms with Crippen molar-refractivity contribution in [1.82, 2.24) is 10.3 Å². The van der Waals surface area contributed by atoms with Gasteiger partial charge in [-0.25, -0.2) is 4.98 Å². The number of benzene rings is 2. The SMILES string of the molecule is CCc1cc(Oc2ncc(C#N)c3ccccc23)ccc1[C@@H](C)C1SC(=O)NC1=O. The quantitative estimate of drug-likeness (QED) is 0.634. The molecule has 0 spiro atoms. The van der Waals surface area contributed by atoms with Crippen molar-refractivity contribution in [1.29, 1.82) is 5.26 Å². The van der Waals surface area contributed by atoms with E-state index in [9.17, 15) is 14.9 Å². The van der Waals surface area contributed by atoms with Crippen LogP contribution in [-0.4, -0.2) is 21.4 Å². The van der Waals surface area contributed by atoms with Gasteiger partial charge in [0.2, 0.25) is 11.8 Å². The summed E-state index contributed by atoms with van der Waals surface area (Å²) in [6.45, 7) is 4.00. The Morgan fingerprint density at radius 2 is 2.00 bits per heavy atom. The molecular weight excluding hydrogens is 398 g/mol. The molecule has 1 aliphatic heterocycles. The number of hydrogen-bond donors (Lipinski definition) is 1. The van der Waals surface area contributed by atoms with Crippen molar-refractivity contribution in [2.75, 3.05) is 0 Å². The molecule has 0 bridgehead atoms. The van der Waals surface area contributed by atoms with Crippen LogP contribution in [0, 0.1) is 11.3 Å². The molecule has 2 aromatic carbocycles. The first-order valence-corrected chi connectivity index (χ1v) is 10.5. The lowest BCUT2D eigenvalue weighted by atomic mass is 9.91. The predicted molar refractivity (Wildman–Crippen MR) is 116 cm³/mol. The van der Waals surface area contributed by atoms with Gasteiger partial charge in [-0.05, 0) is 35.7 Å². The number of thioether (sulfide) groups is 1. The molecule has 0 aliphatic carbocycles.